The van der Waals surface area contributed by atoms with Gasteiger partial charge in [-0.2, -0.15) is 0 Å². The van der Waals surface area contributed by atoms with E-state index in [9.17, 15) is 4.79 Å². The maximum absolute atomic E-state index is 12.4. The van der Waals surface area contributed by atoms with Crippen molar-refractivity contribution in [2.75, 3.05) is 13.1 Å². The molecule has 20 heavy (non-hydrogen) atoms. The molecule has 0 radical (unpaired) electrons. The third kappa shape index (κ3) is 3.42. The van der Waals surface area contributed by atoms with Gasteiger partial charge >= 0.3 is 0 Å². The Morgan fingerprint density at radius 2 is 2.25 bits per heavy atom. The third-order valence-electron chi connectivity index (χ3n) is 3.90. The molecule has 0 bridgehead atoms. The first-order chi connectivity index (χ1) is 9.41. The van der Waals surface area contributed by atoms with Crippen LogP contribution in [-0.2, 0) is 11.2 Å². The van der Waals surface area contributed by atoms with Crippen molar-refractivity contribution in [1.82, 2.24) is 10.6 Å². The summed E-state index contributed by atoms with van der Waals surface area (Å²) >= 11 is 0. The minimum atomic E-state index is -0.0871. The summed E-state index contributed by atoms with van der Waals surface area (Å²) in [6.07, 6.45) is 1.79. The highest BCUT2D eigenvalue weighted by atomic mass is 16.3. The van der Waals surface area contributed by atoms with Crippen LogP contribution >= 0.6 is 0 Å². The fourth-order valence-corrected chi connectivity index (χ4v) is 2.59. The third-order valence-corrected chi connectivity index (χ3v) is 3.90. The van der Waals surface area contributed by atoms with Gasteiger partial charge in [0.1, 0.15) is 11.5 Å². The molecule has 112 valence electrons. The summed E-state index contributed by atoms with van der Waals surface area (Å²) in [5.74, 6) is 2.03. The molecule has 2 atom stereocenters. The van der Waals surface area contributed by atoms with Gasteiger partial charge in [0.15, 0.2) is 0 Å². The van der Waals surface area contributed by atoms with Gasteiger partial charge in [-0.25, -0.2) is 0 Å². The molecule has 4 heteroatoms. The Bertz CT molecular complexity index is 453. The number of aryl methyl sites for hydroxylation is 1. The van der Waals surface area contributed by atoms with Gasteiger partial charge in [0.2, 0.25) is 5.91 Å². The SMILES string of the molecule is CCc1ccc([C@@H](NC(=O)[C@H]2CCNC2)C(C)(C)C)o1. The Morgan fingerprint density at radius 3 is 2.75 bits per heavy atom. The molecule has 1 aliphatic heterocycles. The van der Waals surface area contributed by atoms with E-state index in [0.29, 0.717) is 0 Å². The van der Waals surface area contributed by atoms with Gasteiger partial charge < -0.3 is 15.1 Å². The van der Waals surface area contributed by atoms with Crippen LogP contribution in [0.15, 0.2) is 16.5 Å². The smallest absolute Gasteiger partial charge is 0.225 e. The van der Waals surface area contributed by atoms with Crippen LogP contribution in [0.3, 0.4) is 0 Å². The van der Waals surface area contributed by atoms with Gasteiger partial charge in [0, 0.05) is 13.0 Å². The molecule has 1 saturated heterocycles. The zero-order valence-electron chi connectivity index (χ0n) is 13.0. The summed E-state index contributed by atoms with van der Waals surface area (Å²) in [4.78, 5) is 12.4. The lowest BCUT2D eigenvalue weighted by molar-refractivity contribution is -0.126. The van der Waals surface area contributed by atoms with Crippen molar-refractivity contribution in [2.24, 2.45) is 11.3 Å². The Morgan fingerprint density at radius 1 is 1.50 bits per heavy atom. The average Bonchev–Trinajstić information content (AvgIpc) is 3.04. The molecule has 0 saturated carbocycles. The van der Waals surface area contributed by atoms with E-state index >= 15 is 0 Å². The lowest BCUT2D eigenvalue weighted by atomic mass is 9.85. The largest absolute Gasteiger partial charge is 0.464 e. The standard InChI is InChI=1S/C16H26N2O2/c1-5-12-6-7-13(20-12)14(16(2,3)4)18-15(19)11-8-9-17-10-11/h6-7,11,14,17H,5,8-10H2,1-4H3,(H,18,19)/t11-,14+/m0/s1. The van der Waals surface area contributed by atoms with Crippen molar-refractivity contribution in [3.05, 3.63) is 23.7 Å². The lowest BCUT2D eigenvalue weighted by Gasteiger charge is -2.30. The van der Waals surface area contributed by atoms with E-state index in [1.807, 2.05) is 12.1 Å². The van der Waals surface area contributed by atoms with Crippen LogP contribution in [0.4, 0.5) is 0 Å². The first-order valence-electron chi connectivity index (χ1n) is 7.51. The number of hydrogen-bond donors (Lipinski definition) is 2. The van der Waals surface area contributed by atoms with E-state index in [2.05, 4.69) is 38.3 Å². The zero-order chi connectivity index (χ0) is 14.8. The highest BCUT2D eigenvalue weighted by Crippen LogP contribution is 2.34. The second-order valence-corrected chi connectivity index (χ2v) is 6.65. The van der Waals surface area contributed by atoms with Crippen molar-refractivity contribution in [3.63, 3.8) is 0 Å². The number of amides is 1. The van der Waals surface area contributed by atoms with Crippen molar-refractivity contribution in [1.29, 1.82) is 0 Å². The Balaban J connectivity index is 2.13. The van der Waals surface area contributed by atoms with Gasteiger partial charge in [0.05, 0.1) is 12.0 Å². The van der Waals surface area contributed by atoms with E-state index in [0.717, 1.165) is 37.5 Å². The number of nitrogens with one attached hydrogen (secondary N) is 2. The summed E-state index contributed by atoms with van der Waals surface area (Å²) in [5, 5.41) is 6.41. The van der Waals surface area contributed by atoms with Crippen LogP contribution in [-0.4, -0.2) is 19.0 Å². The molecule has 2 rings (SSSR count). The van der Waals surface area contributed by atoms with Crippen molar-refractivity contribution in [2.45, 2.75) is 46.6 Å². The summed E-state index contributed by atoms with van der Waals surface area (Å²) in [6.45, 7) is 10.1. The van der Waals surface area contributed by atoms with E-state index in [1.54, 1.807) is 0 Å². The molecule has 4 nitrogen and oxygen atoms in total. The van der Waals surface area contributed by atoms with Gasteiger partial charge in [-0.3, -0.25) is 4.79 Å². The molecular weight excluding hydrogens is 252 g/mol. The summed E-state index contributed by atoms with van der Waals surface area (Å²) < 4.78 is 5.85. The predicted octanol–water partition coefficient (Wildman–Crippen LogP) is 2.65. The Hall–Kier alpha value is -1.29. The number of hydrogen-bond acceptors (Lipinski definition) is 3. The highest BCUT2D eigenvalue weighted by molar-refractivity contribution is 5.79. The van der Waals surface area contributed by atoms with E-state index < -0.39 is 0 Å². The van der Waals surface area contributed by atoms with Gasteiger partial charge in [-0.15, -0.1) is 0 Å². The number of carbonyl (C=O) groups excluding carboxylic acids is 1. The van der Waals surface area contributed by atoms with E-state index in [-0.39, 0.29) is 23.3 Å². The quantitative estimate of drug-likeness (QED) is 0.890. The first-order valence-corrected chi connectivity index (χ1v) is 7.51. The fraction of sp³-hybridized carbons (Fsp3) is 0.688. The van der Waals surface area contributed by atoms with Crippen LogP contribution in [0.1, 0.15) is 51.7 Å². The lowest BCUT2D eigenvalue weighted by Crippen LogP contribution is -2.40. The number of carbonyl (C=O) groups is 1. The molecule has 1 amide bonds. The summed E-state index contributed by atoms with van der Waals surface area (Å²) in [7, 11) is 0. The maximum atomic E-state index is 12.4. The topological polar surface area (TPSA) is 54.3 Å². The minimum absolute atomic E-state index is 0.0788. The van der Waals surface area contributed by atoms with Crippen molar-refractivity contribution < 1.29 is 9.21 Å². The first kappa shape index (κ1) is 15.1. The molecule has 1 aromatic heterocycles. The van der Waals surface area contributed by atoms with Crippen molar-refractivity contribution in [3.8, 4) is 0 Å². The molecule has 2 N–H and O–H groups in total. The average molecular weight is 278 g/mol. The molecule has 0 spiro atoms. The van der Waals surface area contributed by atoms with Crippen LogP contribution < -0.4 is 10.6 Å². The second kappa shape index (κ2) is 6.00. The normalized spacial score (nSPS) is 20.9. The molecule has 0 aromatic carbocycles. The minimum Gasteiger partial charge on any atom is -0.464 e. The van der Waals surface area contributed by atoms with Gasteiger partial charge in [-0.05, 0) is 30.5 Å². The molecule has 2 heterocycles. The molecule has 0 unspecified atom stereocenters. The van der Waals surface area contributed by atoms with E-state index in [1.165, 1.54) is 0 Å². The molecular formula is C16H26N2O2. The van der Waals surface area contributed by atoms with Crippen LogP contribution in [0, 0.1) is 11.3 Å². The van der Waals surface area contributed by atoms with E-state index in [4.69, 9.17) is 4.42 Å². The Kier molecular flexibility index (Phi) is 4.53. The Labute approximate surface area is 121 Å². The molecule has 1 aromatic rings. The molecule has 0 aliphatic carbocycles. The second-order valence-electron chi connectivity index (χ2n) is 6.65. The van der Waals surface area contributed by atoms with Gasteiger partial charge in [-0.1, -0.05) is 27.7 Å². The number of furan rings is 1. The highest BCUT2D eigenvalue weighted by Gasteiger charge is 2.33. The summed E-state index contributed by atoms with van der Waals surface area (Å²) in [6, 6.07) is 3.90. The molecule has 1 aliphatic rings. The van der Waals surface area contributed by atoms with Crippen LogP contribution in [0.25, 0.3) is 0 Å². The zero-order valence-corrected chi connectivity index (χ0v) is 13.0. The van der Waals surface area contributed by atoms with Gasteiger partial charge in [0.25, 0.3) is 0 Å². The van der Waals surface area contributed by atoms with Crippen LogP contribution in [0.2, 0.25) is 0 Å². The monoisotopic (exact) mass is 278 g/mol. The van der Waals surface area contributed by atoms with Crippen LogP contribution in [0.5, 0.6) is 0 Å². The molecule has 1 fully saturated rings. The fourth-order valence-electron chi connectivity index (χ4n) is 2.59. The number of rotatable bonds is 4. The predicted molar refractivity (Wildman–Crippen MR) is 79.4 cm³/mol. The maximum Gasteiger partial charge on any atom is 0.225 e. The summed E-state index contributed by atoms with van der Waals surface area (Å²) in [5.41, 5.74) is -0.0788. The van der Waals surface area contributed by atoms with Crippen molar-refractivity contribution >= 4 is 5.91 Å².